The predicted molar refractivity (Wildman–Crippen MR) is 344 cm³/mol. The van der Waals surface area contributed by atoms with Crippen LogP contribution in [0.25, 0.3) is 0 Å². The van der Waals surface area contributed by atoms with Gasteiger partial charge in [0.2, 0.25) is 0 Å². The van der Waals surface area contributed by atoms with Crippen molar-refractivity contribution in [3.8, 4) is 0 Å². The minimum atomic E-state index is -0.778. The summed E-state index contributed by atoms with van der Waals surface area (Å²) in [6.07, 6.45) is 85.6. The molecule has 0 bridgehead atoms. The second-order valence-corrected chi connectivity index (χ2v) is 23.8. The zero-order chi connectivity index (χ0) is 57.1. The van der Waals surface area contributed by atoms with Crippen molar-refractivity contribution in [1.82, 2.24) is 0 Å². The van der Waals surface area contributed by atoms with Gasteiger partial charge >= 0.3 is 17.9 Å². The highest BCUT2D eigenvalue weighted by atomic mass is 16.6. The molecular weight excluding hydrogens is 973 g/mol. The molecule has 0 fully saturated rings. The lowest BCUT2D eigenvalue weighted by molar-refractivity contribution is -0.167. The summed E-state index contributed by atoms with van der Waals surface area (Å²) in [5.74, 6) is -0.861. The monoisotopic (exact) mass is 1110 g/mol. The highest BCUT2D eigenvalue weighted by Gasteiger charge is 2.19. The van der Waals surface area contributed by atoms with E-state index >= 15 is 0 Å². The molecule has 0 aliphatic heterocycles. The zero-order valence-corrected chi connectivity index (χ0v) is 53.2. The lowest BCUT2D eigenvalue weighted by Crippen LogP contribution is -2.30. The molecule has 0 rings (SSSR count). The molecule has 6 heteroatoms. The maximum atomic E-state index is 13.0. The average molecular weight is 1110 g/mol. The number of hydrogen-bond acceptors (Lipinski definition) is 6. The molecule has 79 heavy (non-hydrogen) atoms. The maximum Gasteiger partial charge on any atom is 0.306 e. The van der Waals surface area contributed by atoms with E-state index in [0.717, 1.165) is 70.6 Å². The third kappa shape index (κ3) is 66.1. The molecule has 1 atom stereocenters. The number of allylic oxidation sites excluding steroid dienone is 8. The van der Waals surface area contributed by atoms with Gasteiger partial charge in [-0.3, -0.25) is 14.4 Å². The summed E-state index contributed by atoms with van der Waals surface area (Å²) in [5, 5.41) is 0. The Morgan fingerprint density at radius 3 is 0.709 bits per heavy atom. The van der Waals surface area contributed by atoms with E-state index in [2.05, 4.69) is 69.4 Å². The molecule has 0 saturated heterocycles. The smallest absolute Gasteiger partial charge is 0.306 e. The van der Waals surface area contributed by atoms with Crippen LogP contribution in [0.15, 0.2) is 48.6 Å². The first-order valence-electron chi connectivity index (χ1n) is 35.1. The number of unbranched alkanes of at least 4 members (excludes halogenated alkanes) is 46. The maximum absolute atomic E-state index is 13.0. The Bertz CT molecular complexity index is 1360. The van der Waals surface area contributed by atoms with Crippen molar-refractivity contribution < 1.29 is 28.6 Å². The van der Waals surface area contributed by atoms with Crippen molar-refractivity contribution in [2.45, 2.75) is 386 Å². The summed E-state index contributed by atoms with van der Waals surface area (Å²) in [7, 11) is 0. The highest BCUT2D eigenvalue weighted by Crippen LogP contribution is 2.17. The molecule has 0 aliphatic carbocycles. The number of esters is 3. The summed E-state index contributed by atoms with van der Waals surface area (Å²) in [6.45, 7) is 6.68. The summed E-state index contributed by atoms with van der Waals surface area (Å²) in [4.78, 5) is 38.4. The van der Waals surface area contributed by atoms with Crippen LogP contribution in [0.1, 0.15) is 380 Å². The zero-order valence-electron chi connectivity index (χ0n) is 53.2. The van der Waals surface area contributed by atoms with E-state index in [1.165, 1.54) is 270 Å². The summed E-state index contributed by atoms with van der Waals surface area (Å²) in [6, 6.07) is 0. The van der Waals surface area contributed by atoms with E-state index in [4.69, 9.17) is 14.2 Å². The fourth-order valence-corrected chi connectivity index (χ4v) is 10.5. The van der Waals surface area contributed by atoms with Crippen LogP contribution in [-0.4, -0.2) is 37.2 Å². The Labute approximate surface area is 492 Å². The van der Waals surface area contributed by atoms with E-state index in [9.17, 15) is 14.4 Å². The first-order chi connectivity index (χ1) is 39.0. The van der Waals surface area contributed by atoms with Crippen LogP contribution in [0.3, 0.4) is 0 Å². The van der Waals surface area contributed by atoms with Crippen molar-refractivity contribution in [2.24, 2.45) is 0 Å². The van der Waals surface area contributed by atoms with E-state index < -0.39 is 6.10 Å². The molecule has 0 amide bonds. The first-order valence-corrected chi connectivity index (χ1v) is 35.1. The summed E-state index contributed by atoms with van der Waals surface area (Å²) >= 11 is 0. The molecule has 0 aliphatic rings. The van der Waals surface area contributed by atoms with Crippen LogP contribution >= 0.6 is 0 Å². The molecule has 0 aromatic carbocycles. The van der Waals surface area contributed by atoms with Gasteiger partial charge in [0.25, 0.3) is 0 Å². The van der Waals surface area contributed by atoms with Crippen LogP contribution in [-0.2, 0) is 28.6 Å². The van der Waals surface area contributed by atoms with Crippen molar-refractivity contribution in [1.29, 1.82) is 0 Å². The van der Waals surface area contributed by atoms with Gasteiger partial charge in [0.1, 0.15) is 13.2 Å². The van der Waals surface area contributed by atoms with Gasteiger partial charge < -0.3 is 14.2 Å². The predicted octanol–water partition coefficient (Wildman–Crippen LogP) is 24.1. The summed E-state index contributed by atoms with van der Waals surface area (Å²) in [5.41, 5.74) is 0. The van der Waals surface area contributed by atoms with Crippen molar-refractivity contribution in [3.63, 3.8) is 0 Å². The van der Waals surface area contributed by atoms with Gasteiger partial charge in [0, 0.05) is 19.3 Å². The van der Waals surface area contributed by atoms with Crippen LogP contribution in [0.5, 0.6) is 0 Å². The van der Waals surface area contributed by atoms with Crippen LogP contribution < -0.4 is 0 Å². The molecule has 0 N–H and O–H groups in total. The van der Waals surface area contributed by atoms with Gasteiger partial charge in [-0.05, 0) is 103 Å². The lowest BCUT2D eigenvalue weighted by atomic mass is 10.0. The number of carbonyl (C=O) groups is 3. The molecule has 0 radical (unpaired) electrons. The van der Waals surface area contributed by atoms with E-state index in [1.54, 1.807) is 0 Å². The second-order valence-electron chi connectivity index (χ2n) is 23.8. The minimum Gasteiger partial charge on any atom is -0.462 e. The molecular formula is C73H134O6. The fourth-order valence-electron chi connectivity index (χ4n) is 10.5. The SMILES string of the molecule is CCCCCCC/C=C\C/C=C\CCCCCCCCCCCCCCCC(=O)OCC(COC(=O)CCCCCCC/C=C\CCCCCCCC)OC(=O)CCCCCCCCCCC/C=C\CCCCCCCCCC. The van der Waals surface area contributed by atoms with Gasteiger partial charge in [-0.2, -0.15) is 0 Å². The van der Waals surface area contributed by atoms with Crippen molar-refractivity contribution in [2.75, 3.05) is 13.2 Å². The number of carbonyl (C=O) groups excluding carboxylic acids is 3. The van der Waals surface area contributed by atoms with Gasteiger partial charge in [0.05, 0.1) is 0 Å². The van der Waals surface area contributed by atoms with Gasteiger partial charge in [-0.1, -0.05) is 307 Å². The molecule has 0 aromatic rings. The number of rotatable bonds is 65. The fraction of sp³-hybridized carbons (Fsp3) is 0.849. The molecule has 0 aromatic heterocycles. The topological polar surface area (TPSA) is 78.9 Å². The highest BCUT2D eigenvalue weighted by molar-refractivity contribution is 5.71. The second kappa shape index (κ2) is 67.9. The average Bonchev–Trinajstić information content (AvgIpc) is 3.45. The normalized spacial score (nSPS) is 12.3. The van der Waals surface area contributed by atoms with E-state index in [-0.39, 0.29) is 31.1 Å². The Hall–Kier alpha value is -2.63. The largest absolute Gasteiger partial charge is 0.462 e. The van der Waals surface area contributed by atoms with Gasteiger partial charge in [0.15, 0.2) is 6.10 Å². The Morgan fingerprint density at radius 1 is 0.253 bits per heavy atom. The van der Waals surface area contributed by atoms with Crippen LogP contribution in [0.4, 0.5) is 0 Å². The molecule has 462 valence electrons. The summed E-state index contributed by atoms with van der Waals surface area (Å²) < 4.78 is 17.0. The van der Waals surface area contributed by atoms with Gasteiger partial charge in [-0.25, -0.2) is 0 Å². The molecule has 0 heterocycles. The third-order valence-electron chi connectivity index (χ3n) is 15.8. The molecule has 1 unspecified atom stereocenters. The Balaban J connectivity index is 4.29. The third-order valence-corrected chi connectivity index (χ3v) is 15.8. The molecule has 6 nitrogen and oxygen atoms in total. The van der Waals surface area contributed by atoms with Gasteiger partial charge in [-0.15, -0.1) is 0 Å². The quantitative estimate of drug-likeness (QED) is 0.0261. The van der Waals surface area contributed by atoms with Crippen LogP contribution in [0, 0.1) is 0 Å². The van der Waals surface area contributed by atoms with E-state index in [1.807, 2.05) is 0 Å². The Kier molecular flexibility index (Phi) is 65.6. The molecule has 0 saturated carbocycles. The Morgan fingerprint density at radius 2 is 0.456 bits per heavy atom. The lowest BCUT2D eigenvalue weighted by Gasteiger charge is -2.18. The standard InChI is InChI=1S/C73H134O6/c1-4-7-10-13-16-19-22-25-28-30-32-34-35-36-37-39-40-42-45-48-51-54-57-60-63-66-72(75)78-69-70(68-77-71(74)65-62-59-56-53-50-47-44-27-24-21-18-15-12-9-6-3)79-73(76)67-64-61-58-55-52-49-46-43-41-38-33-31-29-26-23-20-17-14-11-8-5-2/h22,25,27,30-33,44,70H,4-21,23-24,26,28-29,34-43,45-69H2,1-3H3/b25-22-,32-30-,33-31-,44-27-. The molecule has 0 spiro atoms. The minimum absolute atomic E-state index is 0.0738. The number of hydrogen-bond donors (Lipinski definition) is 0. The van der Waals surface area contributed by atoms with Crippen LogP contribution in [0.2, 0.25) is 0 Å². The van der Waals surface area contributed by atoms with E-state index in [0.29, 0.717) is 19.3 Å². The van der Waals surface area contributed by atoms with Crippen molar-refractivity contribution >= 4 is 17.9 Å². The number of ether oxygens (including phenoxy) is 3. The van der Waals surface area contributed by atoms with Crippen molar-refractivity contribution in [3.05, 3.63) is 48.6 Å². The first kappa shape index (κ1) is 76.4.